The summed E-state index contributed by atoms with van der Waals surface area (Å²) in [5.74, 6) is -3.59. The summed E-state index contributed by atoms with van der Waals surface area (Å²) in [6.07, 6.45) is -4.43. The Morgan fingerprint density at radius 3 is 2.45 bits per heavy atom. The summed E-state index contributed by atoms with van der Waals surface area (Å²) in [7, 11) is 0. The summed E-state index contributed by atoms with van der Waals surface area (Å²) in [4.78, 5) is 39.1. The van der Waals surface area contributed by atoms with Crippen LogP contribution >= 0.6 is 0 Å². The summed E-state index contributed by atoms with van der Waals surface area (Å²) in [6.45, 7) is 7.15. The lowest BCUT2D eigenvalue weighted by Gasteiger charge is -2.26. The monoisotopic (exact) mass is 578 g/mol. The van der Waals surface area contributed by atoms with Crippen molar-refractivity contribution in [3.05, 3.63) is 105 Å². The lowest BCUT2D eigenvalue weighted by atomic mass is 9.82. The van der Waals surface area contributed by atoms with Gasteiger partial charge in [0.25, 0.3) is 0 Å². The van der Waals surface area contributed by atoms with Crippen molar-refractivity contribution in [3.63, 3.8) is 0 Å². The molecule has 7 nitrogen and oxygen atoms in total. The summed E-state index contributed by atoms with van der Waals surface area (Å²) >= 11 is 0. The summed E-state index contributed by atoms with van der Waals surface area (Å²) in [5, 5.41) is 3.50. The van der Waals surface area contributed by atoms with Crippen molar-refractivity contribution >= 4 is 34.5 Å². The standard InChI is InChI=1S/C32H29F3N2O5/c1-19-15-23(20(2)36-25-12-8-7-11-22(25)29(39)42-30(40)32(33,34)35)28-24(16-19)26(38)17-27(41-28)37-14-13-31(3,18-37)21-9-5-4-6-10-21/h4-12,15-17,20,36H,13-14,18H2,1-3H3. The van der Waals surface area contributed by atoms with E-state index in [4.69, 9.17) is 4.42 Å². The molecule has 2 unspecified atom stereocenters. The number of aryl methyl sites for hydroxylation is 1. The highest BCUT2D eigenvalue weighted by Gasteiger charge is 2.43. The van der Waals surface area contributed by atoms with Gasteiger partial charge in [0, 0.05) is 35.8 Å². The zero-order chi connectivity index (χ0) is 30.2. The van der Waals surface area contributed by atoms with E-state index < -0.39 is 24.2 Å². The molecule has 3 aromatic carbocycles. The minimum Gasteiger partial charge on any atom is -0.440 e. The first kappa shape index (κ1) is 28.9. The third-order valence-electron chi connectivity index (χ3n) is 7.65. The number of fused-ring (bicyclic) bond motifs is 1. The van der Waals surface area contributed by atoms with Crippen LogP contribution in [0.1, 0.15) is 53.4 Å². The van der Waals surface area contributed by atoms with Gasteiger partial charge in [-0.1, -0.05) is 55.5 Å². The van der Waals surface area contributed by atoms with Gasteiger partial charge in [-0.25, -0.2) is 9.59 Å². The second-order valence-corrected chi connectivity index (χ2v) is 10.9. The molecule has 0 aliphatic carbocycles. The molecule has 0 radical (unpaired) electrons. The van der Waals surface area contributed by atoms with Gasteiger partial charge in [0.1, 0.15) is 5.58 Å². The molecule has 1 aromatic heterocycles. The molecule has 0 saturated carbocycles. The highest BCUT2D eigenvalue weighted by atomic mass is 19.4. The third-order valence-corrected chi connectivity index (χ3v) is 7.65. The molecule has 1 aliphatic rings. The fourth-order valence-corrected chi connectivity index (χ4v) is 5.42. The van der Waals surface area contributed by atoms with Crippen LogP contribution in [0.5, 0.6) is 0 Å². The maximum Gasteiger partial charge on any atom is 0.491 e. The van der Waals surface area contributed by atoms with Crippen molar-refractivity contribution < 1.29 is 31.9 Å². The molecule has 2 heterocycles. The van der Waals surface area contributed by atoms with Gasteiger partial charge in [0.15, 0.2) is 11.3 Å². The molecule has 5 rings (SSSR count). The topological polar surface area (TPSA) is 88.8 Å². The molecule has 1 fully saturated rings. The minimum absolute atomic E-state index is 0.119. The van der Waals surface area contributed by atoms with E-state index in [1.807, 2.05) is 31.2 Å². The Morgan fingerprint density at radius 1 is 1.05 bits per heavy atom. The molecule has 1 saturated heterocycles. The average Bonchev–Trinajstić information content (AvgIpc) is 3.36. The maximum absolute atomic E-state index is 13.3. The largest absolute Gasteiger partial charge is 0.491 e. The highest BCUT2D eigenvalue weighted by molar-refractivity contribution is 6.02. The lowest BCUT2D eigenvalue weighted by molar-refractivity contribution is -0.193. The Morgan fingerprint density at radius 2 is 1.74 bits per heavy atom. The Kier molecular flexibility index (Phi) is 7.57. The predicted octanol–water partition coefficient (Wildman–Crippen LogP) is 6.69. The van der Waals surface area contributed by atoms with Gasteiger partial charge in [0.2, 0.25) is 0 Å². The molecule has 218 valence electrons. The van der Waals surface area contributed by atoms with E-state index in [-0.39, 0.29) is 22.1 Å². The van der Waals surface area contributed by atoms with Crippen LogP contribution in [0.3, 0.4) is 0 Å². The van der Waals surface area contributed by atoms with Crippen LogP contribution < -0.4 is 15.6 Å². The first-order valence-electron chi connectivity index (χ1n) is 13.4. The molecule has 0 spiro atoms. The number of nitrogens with zero attached hydrogens (tertiary/aromatic N) is 1. The van der Waals surface area contributed by atoms with Crippen molar-refractivity contribution in [1.29, 1.82) is 0 Å². The van der Waals surface area contributed by atoms with Crippen molar-refractivity contribution in [1.82, 2.24) is 0 Å². The van der Waals surface area contributed by atoms with E-state index in [1.165, 1.54) is 29.8 Å². The van der Waals surface area contributed by atoms with Crippen LogP contribution in [0.25, 0.3) is 11.0 Å². The Bertz CT molecular complexity index is 1720. The van der Waals surface area contributed by atoms with Crippen molar-refractivity contribution in [3.8, 4) is 0 Å². The molecule has 0 amide bonds. The third kappa shape index (κ3) is 5.74. The van der Waals surface area contributed by atoms with Gasteiger partial charge >= 0.3 is 18.1 Å². The maximum atomic E-state index is 13.3. The average molecular weight is 579 g/mol. The summed E-state index contributed by atoms with van der Waals surface area (Å²) in [6, 6.07) is 20.5. The number of rotatable bonds is 6. The van der Waals surface area contributed by atoms with Gasteiger partial charge in [0.05, 0.1) is 17.0 Å². The van der Waals surface area contributed by atoms with Crippen LogP contribution in [-0.2, 0) is 14.9 Å². The first-order chi connectivity index (χ1) is 19.9. The number of alkyl halides is 3. The van der Waals surface area contributed by atoms with Crippen molar-refractivity contribution in [2.75, 3.05) is 23.3 Å². The molecule has 1 aliphatic heterocycles. The number of carbonyl (C=O) groups is 2. The fourth-order valence-electron chi connectivity index (χ4n) is 5.42. The molecular formula is C32H29F3N2O5. The fraction of sp³-hybridized carbons (Fsp3) is 0.281. The highest BCUT2D eigenvalue weighted by Crippen LogP contribution is 2.38. The van der Waals surface area contributed by atoms with Crippen LogP contribution in [0, 0.1) is 6.92 Å². The van der Waals surface area contributed by atoms with E-state index in [0.717, 1.165) is 12.0 Å². The molecule has 2 atom stereocenters. The van der Waals surface area contributed by atoms with E-state index in [9.17, 15) is 27.6 Å². The smallest absolute Gasteiger partial charge is 0.440 e. The molecule has 10 heteroatoms. The van der Waals surface area contributed by atoms with Crippen LogP contribution in [0.4, 0.5) is 24.7 Å². The number of hydrogen-bond donors (Lipinski definition) is 1. The van der Waals surface area contributed by atoms with Gasteiger partial charge in [-0.05, 0) is 49.6 Å². The zero-order valence-corrected chi connectivity index (χ0v) is 23.2. The van der Waals surface area contributed by atoms with Crippen LogP contribution in [0.2, 0.25) is 0 Å². The second kappa shape index (κ2) is 11.0. The van der Waals surface area contributed by atoms with Crippen molar-refractivity contribution in [2.45, 2.75) is 44.8 Å². The number of ether oxygens (including phenoxy) is 1. The van der Waals surface area contributed by atoms with E-state index in [0.29, 0.717) is 35.5 Å². The quantitative estimate of drug-likeness (QED) is 0.202. The SMILES string of the molecule is Cc1cc(C(C)Nc2ccccc2C(=O)OC(=O)C(F)(F)F)c2oc(N3CCC(C)(c4ccccc4)C3)cc(=O)c2c1. The number of hydrogen-bond acceptors (Lipinski definition) is 7. The van der Waals surface area contributed by atoms with Crippen LogP contribution in [0.15, 0.2) is 82.0 Å². The number of carbonyl (C=O) groups excluding carboxylic acids is 2. The molecule has 42 heavy (non-hydrogen) atoms. The molecular weight excluding hydrogens is 549 g/mol. The van der Waals surface area contributed by atoms with E-state index >= 15 is 0 Å². The normalized spacial score (nSPS) is 17.7. The van der Waals surface area contributed by atoms with E-state index in [2.05, 4.69) is 34.0 Å². The lowest BCUT2D eigenvalue weighted by Crippen LogP contribution is -2.28. The molecule has 0 bridgehead atoms. The predicted molar refractivity (Wildman–Crippen MR) is 153 cm³/mol. The van der Waals surface area contributed by atoms with Gasteiger partial charge < -0.3 is 19.4 Å². The van der Waals surface area contributed by atoms with Crippen LogP contribution in [-0.4, -0.2) is 31.2 Å². The molecule has 1 N–H and O–H groups in total. The second-order valence-electron chi connectivity index (χ2n) is 10.9. The number of nitrogens with one attached hydrogen (secondary N) is 1. The number of esters is 2. The Labute approximate surface area is 239 Å². The number of benzene rings is 3. The Balaban J connectivity index is 1.47. The van der Waals surface area contributed by atoms with Gasteiger partial charge in [-0.2, -0.15) is 13.2 Å². The zero-order valence-electron chi connectivity index (χ0n) is 23.2. The van der Waals surface area contributed by atoms with E-state index in [1.54, 1.807) is 19.1 Å². The Hall–Kier alpha value is -4.60. The number of anilines is 2. The number of para-hydroxylation sites is 1. The number of halogens is 3. The summed E-state index contributed by atoms with van der Waals surface area (Å²) in [5.41, 5.74) is 2.56. The molecule has 4 aromatic rings. The van der Waals surface area contributed by atoms with Crippen molar-refractivity contribution in [2.24, 2.45) is 0 Å². The first-order valence-corrected chi connectivity index (χ1v) is 13.4. The minimum atomic E-state index is -5.31. The van der Waals surface area contributed by atoms with Gasteiger partial charge in [-0.15, -0.1) is 0 Å². The van der Waals surface area contributed by atoms with Gasteiger partial charge in [-0.3, -0.25) is 4.79 Å². The summed E-state index contributed by atoms with van der Waals surface area (Å²) < 4.78 is 48.4.